The normalized spacial score (nSPS) is 15.8. The number of pyridine rings is 1. The van der Waals surface area contributed by atoms with Crippen LogP contribution in [-0.4, -0.2) is 65.0 Å². The first-order valence-electron chi connectivity index (χ1n) is 12.4. The van der Waals surface area contributed by atoms with Gasteiger partial charge in [-0.1, -0.05) is 18.2 Å². The van der Waals surface area contributed by atoms with Crippen molar-refractivity contribution in [3.05, 3.63) is 63.9 Å². The van der Waals surface area contributed by atoms with Crippen molar-refractivity contribution >= 4 is 39.2 Å². The number of anilines is 2. The number of carbonyl (C=O) groups excluding carboxylic acids is 1. The van der Waals surface area contributed by atoms with Crippen molar-refractivity contribution in [1.82, 2.24) is 9.47 Å². The van der Waals surface area contributed by atoms with Gasteiger partial charge in [-0.2, -0.15) is 13.2 Å². The number of halogens is 3. The number of nitrogens with zero attached hydrogens (tertiary/aromatic N) is 3. The third-order valence-corrected chi connectivity index (χ3v) is 7.74. The molecule has 3 aromatic rings. The number of aryl methyl sites for hydroxylation is 1. The fourth-order valence-corrected chi connectivity index (χ4v) is 5.54. The topological polar surface area (TPSA) is 83.9 Å². The Hall–Kier alpha value is -3.54. The monoisotopic (exact) mass is 564 g/mol. The van der Waals surface area contributed by atoms with Gasteiger partial charge in [0.05, 0.1) is 21.4 Å². The van der Waals surface area contributed by atoms with Crippen molar-refractivity contribution in [2.45, 2.75) is 31.0 Å². The zero-order valence-electron chi connectivity index (χ0n) is 22.2. The van der Waals surface area contributed by atoms with Crippen molar-refractivity contribution in [3.8, 4) is 0 Å². The van der Waals surface area contributed by atoms with Gasteiger partial charge in [0, 0.05) is 50.9 Å². The van der Waals surface area contributed by atoms with E-state index >= 15 is 0 Å². The molecule has 0 spiro atoms. The molecule has 39 heavy (non-hydrogen) atoms. The molecule has 0 radical (unpaired) electrons. The quantitative estimate of drug-likeness (QED) is 0.472. The molecule has 1 aliphatic rings. The van der Waals surface area contributed by atoms with Crippen LogP contribution in [0.15, 0.2) is 52.2 Å². The Balaban J connectivity index is 1.63. The van der Waals surface area contributed by atoms with E-state index in [0.29, 0.717) is 29.2 Å². The molecule has 0 bridgehead atoms. The maximum absolute atomic E-state index is 13.5. The third kappa shape index (κ3) is 6.38. The van der Waals surface area contributed by atoms with Gasteiger partial charge >= 0.3 is 12.3 Å². The van der Waals surface area contributed by atoms with E-state index < -0.39 is 29.7 Å². The average Bonchev–Trinajstić information content (AvgIpc) is 2.89. The molecule has 210 valence electrons. The highest BCUT2D eigenvalue weighted by molar-refractivity contribution is 7.84. The van der Waals surface area contributed by atoms with Crippen molar-refractivity contribution in [2.24, 2.45) is 7.05 Å². The number of para-hydroxylation sites is 1. The highest BCUT2D eigenvalue weighted by atomic mass is 32.2. The molecule has 1 saturated heterocycles. The predicted molar refractivity (Wildman–Crippen MR) is 146 cm³/mol. The number of rotatable bonds is 6. The van der Waals surface area contributed by atoms with Crippen LogP contribution in [0.3, 0.4) is 0 Å². The van der Waals surface area contributed by atoms with Gasteiger partial charge in [-0.25, -0.2) is 4.79 Å². The minimum absolute atomic E-state index is 0.159. The van der Waals surface area contributed by atoms with E-state index in [2.05, 4.69) is 10.1 Å². The number of fused-ring (bicyclic) bond motifs is 1. The molecule has 1 amide bonds. The van der Waals surface area contributed by atoms with E-state index in [0.717, 1.165) is 22.2 Å². The Morgan fingerprint density at radius 3 is 2.41 bits per heavy atom. The van der Waals surface area contributed by atoms with Crippen LogP contribution in [0, 0.1) is 6.92 Å². The molecule has 1 aromatic heterocycles. The minimum Gasteiger partial charge on any atom is -0.440 e. The van der Waals surface area contributed by atoms with Gasteiger partial charge in [-0.3, -0.25) is 13.6 Å². The van der Waals surface area contributed by atoms with Gasteiger partial charge in [-0.05, 0) is 54.6 Å². The third-order valence-electron chi connectivity index (χ3n) is 6.76. The van der Waals surface area contributed by atoms with Crippen LogP contribution in [0.4, 0.5) is 29.5 Å². The largest absolute Gasteiger partial charge is 0.440 e. The van der Waals surface area contributed by atoms with E-state index in [9.17, 15) is 27.0 Å². The molecule has 2 heterocycles. The Morgan fingerprint density at radius 1 is 1.10 bits per heavy atom. The van der Waals surface area contributed by atoms with Crippen LogP contribution < -0.4 is 15.8 Å². The smallest absolute Gasteiger partial charge is 0.422 e. The Kier molecular flexibility index (Phi) is 8.24. The molecule has 2 atom stereocenters. The van der Waals surface area contributed by atoms with Crippen LogP contribution in [0.2, 0.25) is 0 Å². The number of aromatic nitrogens is 1. The van der Waals surface area contributed by atoms with Gasteiger partial charge in [0.15, 0.2) is 6.61 Å². The number of carbonyl (C=O) groups is 1. The van der Waals surface area contributed by atoms with Gasteiger partial charge < -0.3 is 19.9 Å². The predicted octanol–water partition coefficient (Wildman–Crippen LogP) is 4.58. The summed E-state index contributed by atoms with van der Waals surface area (Å²) in [6, 6.07) is 13.0. The van der Waals surface area contributed by atoms with Crippen molar-refractivity contribution in [2.75, 3.05) is 49.3 Å². The summed E-state index contributed by atoms with van der Waals surface area (Å²) in [5.74, 6) is 0.642. The Labute approximate surface area is 226 Å². The lowest BCUT2D eigenvalue weighted by Gasteiger charge is -2.36. The first-order valence-corrected chi connectivity index (χ1v) is 14.0. The highest BCUT2D eigenvalue weighted by Crippen LogP contribution is 2.31. The second-order valence-corrected chi connectivity index (χ2v) is 11.0. The van der Waals surface area contributed by atoms with E-state index in [-0.39, 0.29) is 24.7 Å². The second-order valence-electron chi connectivity index (χ2n) is 9.64. The molecule has 2 aromatic carbocycles. The molecular weight excluding hydrogens is 533 g/mol. The Morgan fingerprint density at radius 2 is 1.77 bits per heavy atom. The van der Waals surface area contributed by atoms with Crippen LogP contribution in [-0.2, 0) is 22.6 Å². The van der Waals surface area contributed by atoms with Crippen molar-refractivity contribution < 1.29 is 26.9 Å². The highest BCUT2D eigenvalue weighted by Gasteiger charge is 2.32. The fourth-order valence-electron chi connectivity index (χ4n) is 4.84. The summed E-state index contributed by atoms with van der Waals surface area (Å²) >= 11 is 0. The summed E-state index contributed by atoms with van der Waals surface area (Å²) in [4.78, 5) is 29.4. The molecule has 1 N–H and O–H groups in total. The maximum atomic E-state index is 13.5. The van der Waals surface area contributed by atoms with E-state index in [1.807, 2.05) is 61.2 Å². The number of amides is 1. The maximum Gasteiger partial charge on any atom is 0.422 e. The van der Waals surface area contributed by atoms with Gasteiger partial charge in [0.2, 0.25) is 0 Å². The molecule has 1 fully saturated rings. The van der Waals surface area contributed by atoms with Crippen LogP contribution in [0.5, 0.6) is 0 Å². The Bertz CT molecular complexity index is 1470. The number of benzene rings is 2. The van der Waals surface area contributed by atoms with Gasteiger partial charge in [0.25, 0.3) is 5.56 Å². The average molecular weight is 565 g/mol. The van der Waals surface area contributed by atoms with Crippen LogP contribution in [0.1, 0.15) is 24.1 Å². The number of ether oxygens (including phenoxy) is 1. The number of hydrogen-bond acceptors (Lipinski definition) is 6. The first-order chi connectivity index (χ1) is 18.4. The molecular formula is C27H31F3N4O4S. The molecule has 1 aliphatic heterocycles. The van der Waals surface area contributed by atoms with E-state index in [1.165, 1.54) is 4.90 Å². The lowest BCUT2D eigenvalue weighted by Crippen LogP contribution is -2.50. The number of hydrogen-bond donors (Lipinski definition) is 1. The van der Waals surface area contributed by atoms with Crippen LogP contribution >= 0.6 is 0 Å². The molecule has 12 heteroatoms. The summed E-state index contributed by atoms with van der Waals surface area (Å²) in [5.41, 5.74) is 2.39. The standard InChI is InChI=1S/C27H31F3N4O4S/c1-17-13-19(18(2)31-22-7-5-6-8-23(22)39(4)37)20-15-24(32(3)25(35)21(20)14-17)33-9-11-34(12-10-33)26(36)38-16-27(28,29)30/h5-8,13-15,18,31H,9-12,16H2,1-4H3/t18-,39?/m1/s1. The number of piperazine rings is 1. The van der Waals surface area contributed by atoms with E-state index in [1.54, 1.807) is 17.9 Å². The van der Waals surface area contributed by atoms with Crippen molar-refractivity contribution in [3.63, 3.8) is 0 Å². The van der Waals surface area contributed by atoms with E-state index in [4.69, 9.17) is 0 Å². The fraction of sp³-hybridized carbons (Fsp3) is 0.407. The molecule has 4 rings (SSSR count). The minimum atomic E-state index is -4.58. The summed E-state index contributed by atoms with van der Waals surface area (Å²) in [5, 5.41) is 4.77. The lowest BCUT2D eigenvalue weighted by atomic mass is 9.97. The zero-order valence-corrected chi connectivity index (χ0v) is 23.0. The summed E-state index contributed by atoms with van der Waals surface area (Å²) < 4.78 is 55.4. The lowest BCUT2D eigenvalue weighted by molar-refractivity contribution is -0.162. The van der Waals surface area contributed by atoms with Gasteiger partial charge in [-0.15, -0.1) is 0 Å². The molecule has 0 saturated carbocycles. The number of alkyl halides is 3. The SMILES string of the molecule is Cc1cc([C@@H](C)Nc2ccccc2S(C)=O)c2cc(N3CCN(C(=O)OCC(F)(F)F)CC3)n(C)c(=O)c2c1. The number of nitrogens with one attached hydrogen (secondary N) is 1. The molecule has 1 unspecified atom stereocenters. The van der Waals surface area contributed by atoms with Gasteiger partial charge in [0.1, 0.15) is 5.82 Å². The summed E-state index contributed by atoms with van der Waals surface area (Å²) in [6.07, 6.45) is -3.97. The van der Waals surface area contributed by atoms with Crippen LogP contribution in [0.25, 0.3) is 10.8 Å². The van der Waals surface area contributed by atoms with Crippen molar-refractivity contribution in [1.29, 1.82) is 0 Å². The summed E-state index contributed by atoms with van der Waals surface area (Å²) in [7, 11) is 0.492. The summed E-state index contributed by atoms with van der Waals surface area (Å²) in [6.45, 7) is 3.24. The molecule has 8 nitrogen and oxygen atoms in total. The molecule has 0 aliphatic carbocycles. The second kappa shape index (κ2) is 11.3. The first kappa shape index (κ1) is 28.5. The zero-order chi connectivity index (χ0) is 28.5.